The highest BCUT2D eigenvalue weighted by Gasteiger charge is 2.39. The average molecular weight is 267 g/mol. The third-order valence-electron chi connectivity index (χ3n) is 4.94. The number of aromatic amines is 1. The molecule has 1 aliphatic carbocycles. The second-order valence-electron chi connectivity index (χ2n) is 6.13. The lowest BCUT2D eigenvalue weighted by atomic mass is 9.81. The first-order valence-corrected chi connectivity index (χ1v) is 7.72. The lowest BCUT2D eigenvalue weighted by Gasteiger charge is -2.37. The van der Waals surface area contributed by atoms with Gasteiger partial charge in [-0.05, 0) is 56.2 Å². The molecule has 104 valence electrons. The molecule has 0 amide bonds. The largest absolute Gasteiger partial charge is 0.364 e. The fraction of sp³-hybridized carbons (Fsp3) is 0.444. The van der Waals surface area contributed by atoms with Gasteiger partial charge in [0, 0.05) is 10.9 Å². The number of ether oxygens (including phenoxy) is 1. The highest BCUT2D eigenvalue weighted by Crippen LogP contribution is 2.44. The lowest BCUT2D eigenvalue weighted by molar-refractivity contribution is -0.0230. The Morgan fingerprint density at radius 3 is 2.90 bits per heavy atom. The van der Waals surface area contributed by atoms with E-state index in [1.54, 1.807) is 0 Å². The number of hydrogen-bond acceptors (Lipinski definition) is 1. The average Bonchev–Trinajstić information content (AvgIpc) is 2.89. The number of H-pyrrole nitrogens is 1. The summed E-state index contributed by atoms with van der Waals surface area (Å²) in [6.45, 7) is 3.07. The quantitative estimate of drug-likeness (QED) is 0.758. The van der Waals surface area contributed by atoms with Crippen LogP contribution in [0.15, 0.2) is 35.9 Å². The van der Waals surface area contributed by atoms with E-state index in [0.29, 0.717) is 0 Å². The van der Waals surface area contributed by atoms with Crippen LogP contribution in [0.1, 0.15) is 43.9 Å². The second-order valence-corrected chi connectivity index (χ2v) is 6.13. The molecule has 1 aromatic carbocycles. The maximum absolute atomic E-state index is 6.26. The molecule has 0 spiro atoms. The van der Waals surface area contributed by atoms with Crippen LogP contribution in [0.4, 0.5) is 0 Å². The van der Waals surface area contributed by atoms with Crippen molar-refractivity contribution in [3.63, 3.8) is 0 Å². The molecule has 0 fully saturated rings. The molecule has 0 unspecified atom stereocenters. The zero-order valence-corrected chi connectivity index (χ0v) is 12.0. The van der Waals surface area contributed by atoms with Crippen molar-refractivity contribution in [1.82, 2.24) is 4.98 Å². The number of hydrogen-bond donors (Lipinski definition) is 1. The van der Waals surface area contributed by atoms with Crippen molar-refractivity contribution < 1.29 is 4.74 Å². The summed E-state index contributed by atoms with van der Waals surface area (Å²) in [5.41, 5.74) is 5.22. The minimum atomic E-state index is -0.243. The first kappa shape index (κ1) is 12.2. The van der Waals surface area contributed by atoms with E-state index in [1.165, 1.54) is 53.4 Å². The Labute approximate surface area is 119 Å². The molecule has 0 saturated heterocycles. The van der Waals surface area contributed by atoms with Crippen LogP contribution in [0.5, 0.6) is 0 Å². The molecular weight excluding hydrogens is 246 g/mol. The molecular formula is C18H21NO. The molecule has 2 aliphatic rings. The van der Waals surface area contributed by atoms with Gasteiger partial charge >= 0.3 is 0 Å². The zero-order chi connectivity index (χ0) is 13.6. The van der Waals surface area contributed by atoms with Crippen molar-refractivity contribution >= 4 is 10.9 Å². The molecule has 2 aromatic rings. The molecule has 1 aromatic heterocycles. The SMILES string of the molecule is C[C@]1(C2=CCCCC2)OCCc2c1[nH]c1ccccc21. The van der Waals surface area contributed by atoms with Crippen LogP contribution < -0.4 is 0 Å². The standard InChI is InChI=1S/C18H21NO/c1-18(13-7-3-2-4-8-13)17-15(11-12-20-18)14-9-5-6-10-16(14)19-17/h5-7,9-10,19H,2-4,8,11-12H2,1H3/t18-/m1/s1. The van der Waals surface area contributed by atoms with Gasteiger partial charge in [0.15, 0.2) is 0 Å². The van der Waals surface area contributed by atoms with Crippen LogP contribution in [0.3, 0.4) is 0 Å². The topological polar surface area (TPSA) is 25.0 Å². The molecule has 20 heavy (non-hydrogen) atoms. The van der Waals surface area contributed by atoms with E-state index < -0.39 is 0 Å². The number of fused-ring (bicyclic) bond motifs is 3. The van der Waals surface area contributed by atoms with Crippen molar-refractivity contribution in [3.8, 4) is 0 Å². The van der Waals surface area contributed by atoms with E-state index in [4.69, 9.17) is 4.74 Å². The lowest BCUT2D eigenvalue weighted by Crippen LogP contribution is -2.35. The Morgan fingerprint density at radius 2 is 2.05 bits per heavy atom. The van der Waals surface area contributed by atoms with Crippen molar-refractivity contribution in [3.05, 3.63) is 47.2 Å². The molecule has 1 aliphatic heterocycles. The highest BCUT2D eigenvalue weighted by atomic mass is 16.5. The van der Waals surface area contributed by atoms with E-state index in [0.717, 1.165) is 13.0 Å². The summed E-state index contributed by atoms with van der Waals surface area (Å²) >= 11 is 0. The van der Waals surface area contributed by atoms with Gasteiger partial charge in [0.25, 0.3) is 0 Å². The number of rotatable bonds is 1. The third kappa shape index (κ3) is 1.68. The molecule has 4 rings (SSSR count). The number of nitrogens with one attached hydrogen (secondary N) is 1. The van der Waals surface area contributed by atoms with Crippen molar-refractivity contribution in [2.75, 3.05) is 6.61 Å². The van der Waals surface area contributed by atoms with Gasteiger partial charge in [-0.1, -0.05) is 24.3 Å². The summed E-state index contributed by atoms with van der Waals surface area (Å²) in [7, 11) is 0. The fourth-order valence-electron chi connectivity index (χ4n) is 3.82. The molecule has 2 heterocycles. The first-order valence-electron chi connectivity index (χ1n) is 7.72. The van der Waals surface area contributed by atoms with E-state index in [2.05, 4.69) is 42.2 Å². The smallest absolute Gasteiger partial charge is 0.126 e. The van der Waals surface area contributed by atoms with E-state index in [1.807, 2.05) is 0 Å². The summed E-state index contributed by atoms with van der Waals surface area (Å²) < 4.78 is 6.26. The molecule has 1 N–H and O–H groups in total. The van der Waals surface area contributed by atoms with Crippen LogP contribution >= 0.6 is 0 Å². The van der Waals surface area contributed by atoms with Gasteiger partial charge in [-0.25, -0.2) is 0 Å². The number of para-hydroxylation sites is 1. The first-order chi connectivity index (χ1) is 9.79. The Kier molecular flexibility index (Phi) is 2.74. The van der Waals surface area contributed by atoms with E-state index in [9.17, 15) is 0 Å². The fourth-order valence-corrected chi connectivity index (χ4v) is 3.82. The summed E-state index contributed by atoms with van der Waals surface area (Å²) in [4.78, 5) is 3.64. The van der Waals surface area contributed by atoms with Gasteiger partial charge in [-0.3, -0.25) is 0 Å². The Bertz CT molecular complexity index is 682. The predicted molar refractivity (Wildman–Crippen MR) is 81.9 cm³/mol. The molecule has 0 saturated carbocycles. The van der Waals surface area contributed by atoms with Gasteiger partial charge in [-0.2, -0.15) is 0 Å². The van der Waals surface area contributed by atoms with Crippen LogP contribution in [0.2, 0.25) is 0 Å². The minimum Gasteiger partial charge on any atom is -0.364 e. The Balaban J connectivity index is 1.91. The van der Waals surface area contributed by atoms with Crippen molar-refractivity contribution in [2.24, 2.45) is 0 Å². The minimum absolute atomic E-state index is 0.243. The molecule has 0 radical (unpaired) electrons. The van der Waals surface area contributed by atoms with Gasteiger partial charge in [0.1, 0.15) is 5.60 Å². The highest BCUT2D eigenvalue weighted by molar-refractivity contribution is 5.85. The van der Waals surface area contributed by atoms with Crippen LogP contribution in [-0.4, -0.2) is 11.6 Å². The van der Waals surface area contributed by atoms with Crippen molar-refractivity contribution in [1.29, 1.82) is 0 Å². The number of benzene rings is 1. The molecule has 1 atom stereocenters. The Morgan fingerprint density at radius 1 is 1.15 bits per heavy atom. The third-order valence-corrected chi connectivity index (χ3v) is 4.94. The van der Waals surface area contributed by atoms with E-state index in [-0.39, 0.29) is 5.60 Å². The number of aromatic nitrogens is 1. The summed E-state index contributed by atoms with van der Waals surface area (Å²) in [5.74, 6) is 0. The van der Waals surface area contributed by atoms with Crippen molar-refractivity contribution in [2.45, 2.75) is 44.6 Å². The monoisotopic (exact) mass is 267 g/mol. The summed E-state index contributed by atoms with van der Waals surface area (Å²) in [6, 6.07) is 8.63. The summed E-state index contributed by atoms with van der Waals surface area (Å²) in [6.07, 6.45) is 8.40. The Hall–Kier alpha value is -1.54. The van der Waals surface area contributed by atoms with Gasteiger partial charge in [-0.15, -0.1) is 0 Å². The summed E-state index contributed by atoms with van der Waals surface area (Å²) in [5, 5.41) is 1.37. The maximum Gasteiger partial charge on any atom is 0.126 e. The van der Waals surface area contributed by atoms with Gasteiger partial charge in [0.2, 0.25) is 0 Å². The van der Waals surface area contributed by atoms with Gasteiger partial charge in [0.05, 0.1) is 12.3 Å². The predicted octanol–water partition coefficient (Wildman–Crippen LogP) is 4.46. The van der Waals surface area contributed by atoms with Crippen LogP contribution in [0.25, 0.3) is 10.9 Å². The second kappa shape index (κ2) is 4.49. The number of allylic oxidation sites excluding steroid dienone is 1. The van der Waals surface area contributed by atoms with E-state index >= 15 is 0 Å². The normalized spacial score (nSPS) is 26.4. The molecule has 2 heteroatoms. The molecule has 0 bridgehead atoms. The maximum atomic E-state index is 6.26. The van der Waals surface area contributed by atoms with Crippen LogP contribution in [-0.2, 0) is 16.8 Å². The zero-order valence-electron chi connectivity index (χ0n) is 12.0. The van der Waals surface area contributed by atoms with Crippen LogP contribution in [0, 0.1) is 0 Å². The van der Waals surface area contributed by atoms with Gasteiger partial charge < -0.3 is 9.72 Å². The molecule has 2 nitrogen and oxygen atoms in total.